The summed E-state index contributed by atoms with van der Waals surface area (Å²) in [7, 11) is 1.45. The summed E-state index contributed by atoms with van der Waals surface area (Å²) in [5.74, 6) is 3.33. The normalized spacial score (nSPS) is 50.3. The van der Waals surface area contributed by atoms with Gasteiger partial charge >= 0.3 is 5.97 Å². The van der Waals surface area contributed by atoms with Crippen LogP contribution in [0.4, 0.5) is 0 Å². The zero-order valence-electron chi connectivity index (χ0n) is 27.0. The predicted octanol–water partition coefficient (Wildman–Crippen LogP) is 7.84. The number of ether oxygens (including phenoxy) is 1. The van der Waals surface area contributed by atoms with Crippen molar-refractivity contribution in [3.8, 4) is 0 Å². The van der Waals surface area contributed by atoms with Gasteiger partial charge in [-0.2, -0.15) is 4.99 Å². The molecule has 11 atom stereocenters. The third-order valence-corrected chi connectivity index (χ3v) is 15.7. The second kappa shape index (κ2) is 9.04. The van der Waals surface area contributed by atoms with Crippen molar-refractivity contribution in [2.75, 3.05) is 7.11 Å². The molecule has 1 N–H and O–H groups in total. The minimum Gasteiger partial charge on any atom is -0.465 e. The van der Waals surface area contributed by atoms with E-state index in [-0.39, 0.29) is 38.8 Å². The van der Waals surface area contributed by atoms with Gasteiger partial charge in [-0.25, -0.2) is 9.59 Å². The maximum absolute atomic E-state index is 12.1. The van der Waals surface area contributed by atoms with Gasteiger partial charge in [0.25, 0.3) is 0 Å². The third-order valence-electron chi connectivity index (χ3n) is 15.7. The minimum absolute atomic E-state index is 0.0838. The summed E-state index contributed by atoms with van der Waals surface area (Å²) >= 11 is 0. The molecule has 2 unspecified atom stereocenters. The standard InChI is InChI=1S/C37H52N2O3/c1-23(2)26-14-17-36(38-22-40)20-18-32(3)28(30(26)36)12-13-29-33(32,4)19-21-37-34(29,5)16-15-27(35(37,6)39-37)24-8-10-25(11-9-24)31(41)42-7/h8-11,23,26-30,39H,12-21H2,1-7H3/t26-,27?,28+,29-,30+,32+,33+,34+,35?,36-,37-/m0/s1. The Balaban J connectivity index is 1.21. The number of esters is 1. The lowest BCUT2D eigenvalue weighted by Gasteiger charge is -2.71. The van der Waals surface area contributed by atoms with Crippen LogP contribution < -0.4 is 5.32 Å². The number of isocyanates is 1. The fourth-order valence-electron chi connectivity index (χ4n) is 13.4. The Labute approximate surface area is 253 Å². The molecule has 0 radical (unpaired) electrons. The highest BCUT2D eigenvalue weighted by molar-refractivity contribution is 5.89. The summed E-state index contributed by atoms with van der Waals surface area (Å²) < 4.78 is 4.94. The summed E-state index contributed by atoms with van der Waals surface area (Å²) in [6, 6.07) is 8.22. The van der Waals surface area contributed by atoms with Crippen LogP contribution >= 0.6 is 0 Å². The molecule has 42 heavy (non-hydrogen) atoms. The number of rotatable bonds is 4. The second-order valence-corrected chi connectivity index (χ2v) is 16.7. The molecule has 6 aliphatic rings. The van der Waals surface area contributed by atoms with Gasteiger partial charge in [0.2, 0.25) is 6.08 Å². The number of carbonyl (C=O) groups excluding carboxylic acids is 2. The molecular formula is C37H52N2O3. The molecule has 0 aromatic heterocycles. The highest BCUT2D eigenvalue weighted by atomic mass is 16.5. The molecule has 0 bridgehead atoms. The van der Waals surface area contributed by atoms with Crippen molar-refractivity contribution in [2.45, 2.75) is 128 Å². The van der Waals surface area contributed by atoms with Crippen molar-refractivity contribution < 1.29 is 14.3 Å². The Bertz CT molecular complexity index is 1330. The van der Waals surface area contributed by atoms with Crippen LogP contribution in [0.25, 0.3) is 0 Å². The third kappa shape index (κ3) is 3.28. The number of aliphatic imine (C=N–C) groups is 1. The monoisotopic (exact) mass is 572 g/mol. The molecule has 0 amide bonds. The maximum Gasteiger partial charge on any atom is 0.337 e. The lowest BCUT2D eigenvalue weighted by atomic mass is 9.33. The lowest BCUT2D eigenvalue weighted by molar-refractivity contribution is -0.211. The fourth-order valence-corrected chi connectivity index (χ4v) is 13.4. The molecule has 1 aliphatic heterocycles. The first-order valence-corrected chi connectivity index (χ1v) is 16.9. The van der Waals surface area contributed by atoms with E-state index < -0.39 is 0 Å². The lowest BCUT2D eigenvalue weighted by Crippen LogP contribution is -2.68. The number of fused-ring (bicyclic) bond motifs is 6. The summed E-state index contributed by atoms with van der Waals surface area (Å²) in [5, 5.41) is 4.23. The number of benzene rings is 1. The molecule has 5 heteroatoms. The number of nitrogens with one attached hydrogen (secondary N) is 1. The van der Waals surface area contributed by atoms with E-state index in [1.165, 1.54) is 64.0 Å². The highest BCUT2D eigenvalue weighted by Crippen LogP contribution is 2.80. The van der Waals surface area contributed by atoms with Crippen LogP contribution in [0.3, 0.4) is 0 Å². The quantitative estimate of drug-likeness (QED) is 0.173. The van der Waals surface area contributed by atoms with Crippen LogP contribution in [0.15, 0.2) is 29.3 Å². The van der Waals surface area contributed by atoms with Gasteiger partial charge in [-0.3, -0.25) is 0 Å². The van der Waals surface area contributed by atoms with Gasteiger partial charge in [0.05, 0.1) is 18.2 Å². The van der Waals surface area contributed by atoms with Crippen LogP contribution in [0, 0.1) is 45.8 Å². The zero-order chi connectivity index (χ0) is 29.9. The number of methoxy groups -OCH3 is 1. The summed E-state index contributed by atoms with van der Waals surface area (Å²) in [6.07, 6.45) is 14.1. The van der Waals surface area contributed by atoms with Crippen LogP contribution in [0.5, 0.6) is 0 Å². The molecule has 1 spiro atoms. The smallest absolute Gasteiger partial charge is 0.337 e. The van der Waals surface area contributed by atoms with E-state index in [1.807, 2.05) is 12.1 Å². The molecule has 1 aromatic rings. The van der Waals surface area contributed by atoms with Gasteiger partial charge in [0, 0.05) is 17.0 Å². The van der Waals surface area contributed by atoms with Crippen LogP contribution in [0.2, 0.25) is 0 Å². The van der Waals surface area contributed by atoms with Crippen molar-refractivity contribution in [1.29, 1.82) is 0 Å². The van der Waals surface area contributed by atoms with Gasteiger partial charge in [0.15, 0.2) is 0 Å². The minimum atomic E-state index is -0.268. The summed E-state index contributed by atoms with van der Waals surface area (Å²) in [5.41, 5.74) is 2.89. The number of carbonyl (C=O) groups is 1. The van der Waals surface area contributed by atoms with Gasteiger partial charge in [-0.15, -0.1) is 0 Å². The van der Waals surface area contributed by atoms with Gasteiger partial charge in [0.1, 0.15) is 0 Å². The van der Waals surface area contributed by atoms with Crippen LogP contribution in [-0.2, 0) is 9.53 Å². The molecule has 6 fully saturated rings. The largest absolute Gasteiger partial charge is 0.465 e. The summed E-state index contributed by atoms with van der Waals surface area (Å²) in [4.78, 5) is 28.5. The molecule has 5 saturated carbocycles. The van der Waals surface area contributed by atoms with Crippen molar-refractivity contribution in [3.05, 3.63) is 35.4 Å². The Morgan fingerprint density at radius 2 is 1.62 bits per heavy atom. The topological polar surface area (TPSA) is 77.7 Å². The summed E-state index contributed by atoms with van der Waals surface area (Å²) in [6.45, 7) is 15.3. The zero-order valence-corrected chi connectivity index (χ0v) is 27.0. The Hall–Kier alpha value is -1.97. The molecule has 228 valence electrons. The molecule has 1 heterocycles. The highest BCUT2D eigenvalue weighted by Gasteiger charge is 2.82. The Morgan fingerprint density at radius 3 is 2.29 bits per heavy atom. The van der Waals surface area contributed by atoms with E-state index in [0.717, 1.165) is 12.8 Å². The maximum atomic E-state index is 12.1. The average Bonchev–Trinajstić information content (AvgIpc) is 3.43. The van der Waals surface area contributed by atoms with Gasteiger partial charge in [-0.1, -0.05) is 46.8 Å². The molecular weight excluding hydrogens is 520 g/mol. The van der Waals surface area contributed by atoms with Crippen molar-refractivity contribution >= 4 is 12.0 Å². The first-order valence-electron chi connectivity index (χ1n) is 16.9. The second-order valence-electron chi connectivity index (χ2n) is 16.7. The van der Waals surface area contributed by atoms with E-state index in [9.17, 15) is 9.59 Å². The molecule has 1 aromatic carbocycles. The predicted molar refractivity (Wildman–Crippen MR) is 165 cm³/mol. The first-order chi connectivity index (χ1) is 19.9. The molecule has 1 saturated heterocycles. The van der Waals surface area contributed by atoms with E-state index in [4.69, 9.17) is 4.74 Å². The van der Waals surface area contributed by atoms with E-state index in [2.05, 4.69) is 70.1 Å². The van der Waals surface area contributed by atoms with E-state index in [0.29, 0.717) is 41.1 Å². The molecule has 5 nitrogen and oxygen atoms in total. The Morgan fingerprint density at radius 1 is 0.905 bits per heavy atom. The fraction of sp³-hybridized carbons (Fsp3) is 0.784. The number of nitrogens with zero attached hydrogens (tertiary/aromatic N) is 1. The van der Waals surface area contributed by atoms with E-state index >= 15 is 0 Å². The molecule has 5 aliphatic carbocycles. The molecule has 7 rings (SSSR count). The van der Waals surface area contributed by atoms with Crippen LogP contribution in [0.1, 0.15) is 128 Å². The first kappa shape index (κ1) is 28.8. The van der Waals surface area contributed by atoms with Crippen molar-refractivity contribution in [3.63, 3.8) is 0 Å². The van der Waals surface area contributed by atoms with Crippen molar-refractivity contribution in [1.82, 2.24) is 5.32 Å². The van der Waals surface area contributed by atoms with Gasteiger partial charge < -0.3 is 10.1 Å². The number of hydrogen-bond donors (Lipinski definition) is 1. The van der Waals surface area contributed by atoms with Crippen molar-refractivity contribution in [2.24, 2.45) is 50.8 Å². The van der Waals surface area contributed by atoms with Gasteiger partial charge in [-0.05, 0) is 135 Å². The SMILES string of the molecule is COC(=O)c1ccc(C2CC[C@]3(C)[C@H]4CC[C@@H]5[C@H]6[C@H](C(C)C)CC[C@]6(N=C=O)CC[C@@]5(C)[C@]4(C)CC[C@]34NC24C)cc1. The Kier molecular flexibility index (Phi) is 6.19. The van der Waals surface area contributed by atoms with E-state index in [1.54, 1.807) is 0 Å². The van der Waals surface area contributed by atoms with Crippen LogP contribution in [-0.4, -0.2) is 35.8 Å². The average molecular weight is 573 g/mol. The number of hydrogen-bond acceptors (Lipinski definition) is 5.